The van der Waals surface area contributed by atoms with E-state index in [1.807, 2.05) is 44.2 Å². The van der Waals surface area contributed by atoms with E-state index in [0.29, 0.717) is 5.92 Å². The maximum absolute atomic E-state index is 5.84. The van der Waals surface area contributed by atoms with Gasteiger partial charge in [-0.25, -0.2) is 9.97 Å². The second-order valence-corrected chi connectivity index (χ2v) is 10.6. The standard InChI is InChI=1S/C28H31N5O.C4H11N.C2H6/c1-5-33(4)21-9-13-24-26(17-21)32-28(30-24)20-8-12-23-25(16-20)31-27(29-23)19-6-10-22(11-7-19)34-15-14-18(2)3;1-4-5(2)3;1-2/h6-13,16-18H,5,14-15H2,1-4H3,(H,29,31)(H,30,32);4H2,1-3H3;1-2H3. The van der Waals surface area contributed by atoms with Gasteiger partial charge in [-0.15, -0.1) is 0 Å². The lowest BCUT2D eigenvalue weighted by atomic mass is 10.1. The van der Waals surface area contributed by atoms with Gasteiger partial charge >= 0.3 is 0 Å². The zero-order valence-corrected chi connectivity index (χ0v) is 26.4. The van der Waals surface area contributed by atoms with E-state index in [4.69, 9.17) is 14.7 Å². The quantitative estimate of drug-likeness (QED) is 0.191. The van der Waals surface area contributed by atoms with Crippen LogP contribution in [-0.4, -0.2) is 65.7 Å². The van der Waals surface area contributed by atoms with Crippen molar-refractivity contribution in [2.75, 3.05) is 45.7 Å². The first-order valence-electron chi connectivity index (χ1n) is 14.9. The Morgan fingerprint density at radius 2 is 1.27 bits per heavy atom. The van der Waals surface area contributed by atoms with Crippen molar-refractivity contribution in [1.29, 1.82) is 0 Å². The van der Waals surface area contributed by atoms with Crippen LogP contribution in [0.4, 0.5) is 5.69 Å². The van der Waals surface area contributed by atoms with Crippen LogP contribution < -0.4 is 9.64 Å². The van der Waals surface area contributed by atoms with Gasteiger partial charge in [0.15, 0.2) is 0 Å². The average molecular weight is 557 g/mol. The molecule has 2 N–H and O–H groups in total. The van der Waals surface area contributed by atoms with E-state index in [0.717, 1.165) is 76.7 Å². The minimum Gasteiger partial charge on any atom is -0.494 e. The van der Waals surface area contributed by atoms with Crippen molar-refractivity contribution in [3.8, 4) is 28.5 Å². The van der Waals surface area contributed by atoms with E-state index in [9.17, 15) is 0 Å². The van der Waals surface area contributed by atoms with Crippen LogP contribution in [0.3, 0.4) is 0 Å². The molecule has 0 spiro atoms. The van der Waals surface area contributed by atoms with Crippen molar-refractivity contribution in [1.82, 2.24) is 24.8 Å². The fourth-order valence-corrected chi connectivity index (χ4v) is 3.97. The number of benzene rings is 3. The summed E-state index contributed by atoms with van der Waals surface area (Å²) in [6, 6.07) is 20.7. The summed E-state index contributed by atoms with van der Waals surface area (Å²) in [6.07, 6.45) is 1.05. The number of rotatable bonds is 9. The zero-order valence-electron chi connectivity index (χ0n) is 26.4. The Balaban J connectivity index is 0.000000598. The first-order valence-corrected chi connectivity index (χ1v) is 14.9. The van der Waals surface area contributed by atoms with Crippen LogP contribution in [0, 0.1) is 5.92 Å². The molecule has 0 amide bonds. The summed E-state index contributed by atoms with van der Waals surface area (Å²) < 4.78 is 5.84. The van der Waals surface area contributed by atoms with Crippen molar-refractivity contribution in [2.24, 2.45) is 5.92 Å². The highest BCUT2D eigenvalue weighted by atomic mass is 16.5. The molecule has 7 heteroatoms. The maximum atomic E-state index is 5.84. The molecule has 0 fully saturated rings. The fraction of sp³-hybridized carbons (Fsp3) is 0.412. The lowest BCUT2D eigenvalue weighted by Crippen LogP contribution is -2.15. The lowest BCUT2D eigenvalue weighted by Gasteiger charge is -2.16. The number of ether oxygens (including phenoxy) is 1. The Bertz CT molecular complexity index is 1480. The number of hydrogen-bond donors (Lipinski definition) is 2. The first-order chi connectivity index (χ1) is 19.8. The summed E-state index contributed by atoms with van der Waals surface area (Å²) in [6.45, 7) is 15.5. The Labute approximate surface area is 246 Å². The number of imidazole rings is 2. The summed E-state index contributed by atoms with van der Waals surface area (Å²) in [5, 5.41) is 0. The second-order valence-electron chi connectivity index (χ2n) is 10.6. The number of anilines is 1. The molecular formula is C34H48N6O. The number of nitrogens with one attached hydrogen (secondary N) is 2. The van der Waals surface area contributed by atoms with E-state index < -0.39 is 0 Å². The molecule has 0 aliphatic heterocycles. The minimum absolute atomic E-state index is 0.638. The van der Waals surface area contributed by atoms with Gasteiger partial charge in [-0.1, -0.05) is 34.6 Å². The molecule has 0 radical (unpaired) electrons. The van der Waals surface area contributed by atoms with Crippen molar-refractivity contribution in [3.63, 3.8) is 0 Å². The topological polar surface area (TPSA) is 73.1 Å². The van der Waals surface area contributed by atoms with Gasteiger partial charge in [-0.3, -0.25) is 0 Å². The predicted molar refractivity (Wildman–Crippen MR) is 176 cm³/mol. The Kier molecular flexibility index (Phi) is 11.8. The van der Waals surface area contributed by atoms with Gasteiger partial charge in [-0.05, 0) is 101 Å². The molecular weight excluding hydrogens is 508 g/mol. The number of fused-ring (bicyclic) bond motifs is 2. The van der Waals surface area contributed by atoms with E-state index in [1.165, 1.54) is 5.69 Å². The highest BCUT2D eigenvalue weighted by Crippen LogP contribution is 2.28. The molecule has 41 heavy (non-hydrogen) atoms. The van der Waals surface area contributed by atoms with Crippen LogP contribution in [-0.2, 0) is 0 Å². The van der Waals surface area contributed by atoms with E-state index in [1.54, 1.807) is 0 Å². The van der Waals surface area contributed by atoms with Crippen molar-refractivity contribution in [3.05, 3.63) is 60.7 Å². The molecule has 5 aromatic rings. The third-order valence-electron chi connectivity index (χ3n) is 6.86. The number of hydrogen-bond acceptors (Lipinski definition) is 5. The van der Waals surface area contributed by atoms with Gasteiger partial charge in [-0.2, -0.15) is 0 Å². The van der Waals surface area contributed by atoms with Gasteiger partial charge in [0.25, 0.3) is 0 Å². The van der Waals surface area contributed by atoms with E-state index >= 15 is 0 Å². The van der Waals surface area contributed by atoms with Crippen molar-refractivity contribution >= 4 is 27.8 Å². The van der Waals surface area contributed by atoms with Gasteiger partial charge in [0.2, 0.25) is 0 Å². The molecule has 0 bridgehead atoms. The van der Waals surface area contributed by atoms with Gasteiger partial charge in [0, 0.05) is 30.4 Å². The molecule has 5 rings (SSSR count). The Morgan fingerprint density at radius 3 is 1.83 bits per heavy atom. The van der Waals surface area contributed by atoms with Gasteiger partial charge in [0.1, 0.15) is 17.4 Å². The molecule has 2 heterocycles. The normalized spacial score (nSPS) is 10.9. The number of nitrogens with zero attached hydrogens (tertiary/aromatic N) is 4. The molecule has 0 atom stereocenters. The molecule has 0 aliphatic rings. The maximum Gasteiger partial charge on any atom is 0.138 e. The lowest BCUT2D eigenvalue weighted by molar-refractivity contribution is 0.289. The molecule has 2 aromatic heterocycles. The smallest absolute Gasteiger partial charge is 0.138 e. The van der Waals surface area contributed by atoms with Crippen molar-refractivity contribution < 1.29 is 4.74 Å². The van der Waals surface area contributed by atoms with Crippen LogP contribution >= 0.6 is 0 Å². The molecule has 0 unspecified atom stereocenters. The largest absolute Gasteiger partial charge is 0.494 e. The highest BCUT2D eigenvalue weighted by Gasteiger charge is 2.11. The van der Waals surface area contributed by atoms with Crippen LogP contribution in [0.25, 0.3) is 44.8 Å². The van der Waals surface area contributed by atoms with E-state index in [2.05, 4.69) is 98.9 Å². The van der Waals surface area contributed by atoms with Crippen LogP contribution in [0.5, 0.6) is 5.75 Å². The highest BCUT2D eigenvalue weighted by molar-refractivity contribution is 5.87. The second kappa shape index (κ2) is 15.2. The number of aromatic amines is 2. The fourth-order valence-electron chi connectivity index (χ4n) is 3.97. The third kappa shape index (κ3) is 8.57. The molecule has 0 saturated heterocycles. The van der Waals surface area contributed by atoms with E-state index in [-0.39, 0.29) is 0 Å². The summed E-state index contributed by atoms with van der Waals surface area (Å²) in [4.78, 5) is 20.9. The third-order valence-corrected chi connectivity index (χ3v) is 6.86. The monoisotopic (exact) mass is 556 g/mol. The predicted octanol–water partition coefficient (Wildman–Crippen LogP) is 8.25. The Hall–Kier alpha value is -3.84. The zero-order chi connectivity index (χ0) is 29.9. The Morgan fingerprint density at radius 1 is 0.732 bits per heavy atom. The summed E-state index contributed by atoms with van der Waals surface area (Å²) >= 11 is 0. The number of H-pyrrole nitrogens is 2. The van der Waals surface area contributed by atoms with Gasteiger partial charge in [0.05, 0.1) is 28.7 Å². The van der Waals surface area contributed by atoms with Crippen LogP contribution in [0.15, 0.2) is 60.7 Å². The summed E-state index contributed by atoms with van der Waals surface area (Å²) in [5.74, 6) is 3.23. The average Bonchev–Trinajstić information content (AvgIpc) is 3.62. The molecule has 7 nitrogen and oxygen atoms in total. The van der Waals surface area contributed by atoms with Gasteiger partial charge < -0.3 is 24.5 Å². The number of aromatic nitrogens is 4. The van der Waals surface area contributed by atoms with Crippen LogP contribution in [0.2, 0.25) is 0 Å². The summed E-state index contributed by atoms with van der Waals surface area (Å²) in [7, 11) is 6.20. The molecule has 220 valence electrons. The van der Waals surface area contributed by atoms with Crippen molar-refractivity contribution in [2.45, 2.75) is 48.0 Å². The summed E-state index contributed by atoms with van der Waals surface area (Å²) in [5.41, 5.74) is 7.15. The molecule has 0 aliphatic carbocycles. The SMILES string of the molecule is CC.CCN(C)C.CCN(C)c1ccc2nc(-c3ccc4nc(-c5ccc(OCCC(C)C)cc5)[nH]c4c3)[nH]c2c1. The van der Waals surface area contributed by atoms with Crippen LogP contribution in [0.1, 0.15) is 48.0 Å². The minimum atomic E-state index is 0.638. The molecule has 3 aromatic carbocycles. The molecule has 0 saturated carbocycles. The first kappa shape index (κ1) is 31.7.